The molecule has 4 heteroatoms. The van der Waals surface area contributed by atoms with E-state index in [1.54, 1.807) is 6.20 Å². The Morgan fingerprint density at radius 1 is 1.40 bits per heavy atom. The quantitative estimate of drug-likeness (QED) is 0.842. The third-order valence-corrected chi connectivity index (χ3v) is 2.82. The molecule has 0 aliphatic rings. The van der Waals surface area contributed by atoms with Crippen molar-refractivity contribution in [3.05, 3.63) is 48.0 Å². The Labute approximate surface area is 119 Å². The molecule has 104 valence electrons. The fraction of sp³-hybridized carbons (Fsp3) is 0.312. The van der Waals surface area contributed by atoms with Crippen LogP contribution in [0.2, 0.25) is 0 Å². The van der Waals surface area contributed by atoms with Gasteiger partial charge in [0.25, 0.3) is 0 Å². The number of hydrogen-bond acceptors (Lipinski definition) is 3. The van der Waals surface area contributed by atoms with Gasteiger partial charge < -0.3 is 14.4 Å². The number of aryl methyl sites for hydroxylation is 1. The van der Waals surface area contributed by atoms with E-state index in [1.807, 2.05) is 42.1 Å². The third-order valence-electron chi connectivity index (χ3n) is 2.82. The Morgan fingerprint density at radius 2 is 2.30 bits per heavy atom. The van der Waals surface area contributed by atoms with Gasteiger partial charge in [-0.2, -0.15) is 0 Å². The highest BCUT2D eigenvalue weighted by atomic mass is 16.5. The molecular weight excluding hydrogens is 252 g/mol. The highest BCUT2D eigenvalue weighted by molar-refractivity contribution is 5.39. The number of benzene rings is 1. The topological polar surface area (TPSA) is 47.3 Å². The second-order valence-electron chi connectivity index (χ2n) is 4.36. The van der Waals surface area contributed by atoms with Crippen molar-refractivity contribution in [1.29, 1.82) is 0 Å². The molecule has 0 fully saturated rings. The van der Waals surface area contributed by atoms with Crippen LogP contribution in [0, 0.1) is 11.8 Å². The molecule has 0 saturated heterocycles. The average molecular weight is 270 g/mol. The molecule has 0 spiro atoms. The van der Waals surface area contributed by atoms with Crippen LogP contribution < -0.4 is 4.74 Å². The molecule has 20 heavy (non-hydrogen) atoms. The maximum Gasteiger partial charge on any atom is 0.120 e. The summed E-state index contributed by atoms with van der Waals surface area (Å²) in [6.45, 7) is 0.672. The van der Waals surface area contributed by atoms with Crippen molar-refractivity contribution < 1.29 is 9.84 Å². The highest BCUT2D eigenvalue weighted by Crippen LogP contribution is 2.13. The Hall–Kier alpha value is -2.25. The molecule has 0 bridgehead atoms. The normalized spacial score (nSPS) is 9.90. The molecular formula is C16H18N2O2. The van der Waals surface area contributed by atoms with Crippen LogP contribution in [0.5, 0.6) is 5.75 Å². The van der Waals surface area contributed by atoms with Gasteiger partial charge in [0, 0.05) is 37.8 Å². The molecule has 0 atom stereocenters. The summed E-state index contributed by atoms with van der Waals surface area (Å²) in [4.78, 5) is 4.25. The second-order valence-corrected chi connectivity index (χ2v) is 4.36. The summed E-state index contributed by atoms with van der Waals surface area (Å²) in [5.74, 6) is 7.69. The number of rotatable bonds is 5. The van der Waals surface area contributed by atoms with Crippen molar-refractivity contribution >= 4 is 0 Å². The van der Waals surface area contributed by atoms with Gasteiger partial charge >= 0.3 is 0 Å². The molecule has 1 aromatic carbocycles. The third kappa shape index (κ3) is 4.15. The summed E-state index contributed by atoms with van der Waals surface area (Å²) in [5.41, 5.74) is 0.896. The summed E-state index contributed by atoms with van der Waals surface area (Å²) in [6, 6.07) is 7.66. The van der Waals surface area contributed by atoms with Gasteiger partial charge in [0.1, 0.15) is 11.6 Å². The van der Waals surface area contributed by atoms with Crippen molar-refractivity contribution in [2.45, 2.75) is 12.8 Å². The largest absolute Gasteiger partial charge is 0.493 e. The molecule has 1 heterocycles. The maximum absolute atomic E-state index is 8.69. The standard InChI is InChI=1S/C16H18N2O2/c1-18-10-9-17-16(18)8-12-20-15-7-4-6-14(13-15)5-2-3-11-19/h4,6-7,9-10,13,19H,3,8,11-12H2,1H3. The van der Waals surface area contributed by atoms with E-state index >= 15 is 0 Å². The van der Waals surface area contributed by atoms with E-state index in [1.165, 1.54) is 0 Å². The first-order valence-corrected chi connectivity index (χ1v) is 6.58. The maximum atomic E-state index is 8.69. The van der Waals surface area contributed by atoms with Crippen molar-refractivity contribution in [3.8, 4) is 17.6 Å². The first kappa shape index (κ1) is 14.2. The molecule has 2 aromatic rings. The van der Waals surface area contributed by atoms with Gasteiger partial charge in [-0.25, -0.2) is 4.98 Å². The first-order valence-electron chi connectivity index (χ1n) is 6.58. The van der Waals surface area contributed by atoms with Crippen LogP contribution in [0.25, 0.3) is 0 Å². The van der Waals surface area contributed by atoms with Gasteiger partial charge in [-0.15, -0.1) is 0 Å². The Kier molecular flexibility index (Phi) is 5.22. The van der Waals surface area contributed by atoms with Crippen LogP contribution in [0.1, 0.15) is 17.8 Å². The van der Waals surface area contributed by atoms with Gasteiger partial charge in [-0.05, 0) is 18.2 Å². The van der Waals surface area contributed by atoms with Crippen molar-refractivity contribution in [1.82, 2.24) is 9.55 Å². The molecule has 0 amide bonds. The monoisotopic (exact) mass is 270 g/mol. The molecule has 1 aromatic heterocycles. The van der Waals surface area contributed by atoms with E-state index in [4.69, 9.17) is 9.84 Å². The highest BCUT2D eigenvalue weighted by Gasteiger charge is 2.00. The molecule has 1 N–H and O–H groups in total. The van der Waals surface area contributed by atoms with E-state index in [0.717, 1.165) is 23.6 Å². The zero-order valence-electron chi connectivity index (χ0n) is 11.5. The number of aliphatic hydroxyl groups excluding tert-OH is 1. The van der Waals surface area contributed by atoms with E-state index in [2.05, 4.69) is 16.8 Å². The summed E-state index contributed by atoms with van der Waals surface area (Å²) in [5, 5.41) is 8.69. The first-order chi connectivity index (χ1) is 9.79. The van der Waals surface area contributed by atoms with Crippen LogP contribution in [0.4, 0.5) is 0 Å². The fourth-order valence-electron chi connectivity index (χ4n) is 1.78. The van der Waals surface area contributed by atoms with E-state index < -0.39 is 0 Å². The van der Waals surface area contributed by atoms with Crippen LogP contribution in [-0.4, -0.2) is 27.9 Å². The molecule has 0 aliphatic heterocycles. The minimum Gasteiger partial charge on any atom is -0.493 e. The Bertz CT molecular complexity index is 608. The van der Waals surface area contributed by atoms with Crippen molar-refractivity contribution in [3.63, 3.8) is 0 Å². The zero-order chi connectivity index (χ0) is 14.2. The van der Waals surface area contributed by atoms with Gasteiger partial charge in [0.2, 0.25) is 0 Å². The van der Waals surface area contributed by atoms with Gasteiger partial charge in [-0.1, -0.05) is 17.9 Å². The van der Waals surface area contributed by atoms with E-state index in [-0.39, 0.29) is 6.61 Å². The SMILES string of the molecule is Cn1ccnc1CCOc1cccc(C#CCCO)c1. The minimum atomic E-state index is 0.0901. The van der Waals surface area contributed by atoms with Crippen LogP contribution in [-0.2, 0) is 13.5 Å². The summed E-state index contributed by atoms with van der Waals surface area (Å²) >= 11 is 0. The molecule has 4 nitrogen and oxygen atoms in total. The lowest BCUT2D eigenvalue weighted by atomic mass is 10.2. The predicted molar refractivity (Wildman–Crippen MR) is 77.4 cm³/mol. The Balaban J connectivity index is 1.89. The second kappa shape index (κ2) is 7.37. The Morgan fingerprint density at radius 3 is 3.05 bits per heavy atom. The average Bonchev–Trinajstić information content (AvgIpc) is 2.85. The molecule has 0 saturated carbocycles. The summed E-state index contributed by atoms with van der Waals surface area (Å²) in [7, 11) is 1.97. The van der Waals surface area contributed by atoms with Crippen molar-refractivity contribution in [2.24, 2.45) is 7.05 Å². The molecule has 2 rings (SSSR count). The number of ether oxygens (including phenoxy) is 1. The number of hydrogen-bond donors (Lipinski definition) is 1. The van der Waals surface area contributed by atoms with Crippen LogP contribution in [0.3, 0.4) is 0 Å². The summed E-state index contributed by atoms with van der Waals surface area (Å²) in [6.07, 6.45) is 4.97. The lowest BCUT2D eigenvalue weighted by molar-refractivity contribution is 0.305. The lowest BCUT2D eigenvalue weighted by Gasteiger charge is -2.06. The number of nitrogens with zero attached hydrogens (tertiary/aromatic N) is 2. The zero-order valence-corrected chi connectivity index (χ0v) is 11.5. The number of imidazole rings is 1. The molecule has 0 radical (unpaired) electrons. The van der Waals surface area contributed by atoms with Gasteiger partial charge in [-0.3, -0.25) is 0 Å². The summed E-state index contributed by atoms with van der Waals surface area (Å²) < 4.78 is 7.70. The van der Waals surface area contributed by atoms with Gasteiger partial charge in [0.05, 0.1) is 13.2 Å². The van der Waals surface area contributed by atoms with E-state index in [9.17, 15) is 0 Å². The van der Waals surface area contributed by atoms with Crippen LogP contribution in [0.15, 0.2) is 36.7 Å². The lowest BCUT2D eigenvalue weighted by Crippen LogP contribution is -2.06. The predicted octanol–water partition coefficient (Wildman–Crippen LogP) is 1.78. The van der Waals surface area contributed by atoms with E-state index in [0.29, 0.717) is 13.0 Å². The smallest absolute Gasteiger partial charge is 0.120 e. The molecule has 0 aliphatic carbocycles. The number of aromatic nitrogens is 2. The van der Waals surface area contributed by atoms with Gasteiger partial charge in [0.15, 0.2) is 0 Å². The number of aliphatic hydroxyl groups is 1. The van der Waals surface area contributed by atoms with Crippen LogP contribution >= 0.6 is 0 Å². The minimum absolute atomic E-state index is 0.0901. The molecule has 0 unspecified atom stereocenters. The fourth-order valence-corrected chi connectivity index (χ4v) is 1.78. The van der Waals surface area contributed by atoms with Crippen molar-refractivity contribution in [2.75, 3.05) is 13.2 Å².